The second-order valence-electron chi connectivity index (χ2n) is 5.99. The number of aryl methyl sites for hydroxylation is 1. The summed E-state index contributed by atoms with van der Waals surface area (Å²) >= 11 is 0. The topological polar surface area (TPSA) is 109 Å². The van der Waals surface area contributed by atoms with Gasteiger partial charge in [0, 0.05) is 12.1 Å². The zero-order chi connectivity index (χ0) is 20.8. The van der Waals surface area contributed by atoms with Crippen LogP contribution in [0.2, 0.25) is 0 Å². The molecule has 0 bridgehead atoms. The van der Waals surface area contributed by atoms with E-state index in [1.807, 2.05) is 0 Å². The quantitative estimate of drug-likeness (QED) is 0.662. The lowest BCUT2D eigenvalue weighted by Crippen LogP contribution is -2.16. The molecule has 0 radical (unpaired) electrons. The van der Waals surface area contributed by atoms with Crippen molar-refractivity contribution in [3.8, 4) is 17.6 Å². The number of hydrogen-bond acceptors (Lipinski definition) is 7. The first-order valence-electron chi connectivity index (χ1n) is 8.69. The Kier molecular flexibility index (Phi) is 5.90. The van der Waals surface area contributed by atoms with E-state index in [2.05, 4.69) is 26.7 Å². The first-order valence-corrected chi connectivity index (χ1v) is 8.69. The van der Waals surface area contributed by atoms with Gasteiger partial charge in [-0.3, -0.25) is 4.79 Å². The van der Waals surface area contributed by atoms with Gasteiger partial charge in [0.15, 0.2) is 0 Å². The summed E-state index contributed by atoms with van der Waals surface area (Å²) in [5, 5.41) is 15.1. The molecule has 3 aromatic rings. The number of rotatable bonds is 6. The molecule has 1 heterocycles. The number of benzene rings is 2. The predicted octanol–water partition coefficient (Wildman–Crippen LogP) is 3.67. The van der Waals surface area contributed by atoms with E-state index in [1.54, 1.807) is 49.4 Å². The maximum absolute atomic E-state index is 12.8. The van der Waals surface area contributed by atoms with E-state index in [-0.39, 0.29) is 5.69 Å². The number of aromatic nitrogens is 2. The van der Waals surface area contributed by atoms with Gasteiger partial charge in [0.2, 0.25) is 0 Å². The van der Waals surface area contributed by atoms with E-state index >= 15 is 0 Å². The molecule has 2 N–H and O–H groups in total. The molecule has 0 unspecified atom stereocenters. The smallest absolute Gasteiger partial charge is 0.274 e. The van der Waals surface area contributed by atoms with Gasteiger partial charge in [0.05, 0.1) is 31.2 Å². The standard InChI is InChI=1S/C21H19N5O3/c1-13-23-18(11-20(24-13)25-16-7-5-4-6-14(16)12-22)21(27)26-17-10-15(28-2)8-9-19(17)29-3/h4-11H,1-3H3,(H,26,27)(H,23,24,25). The molecule has 0 saturated heterocycles. The number of nitriles is 1. The molecule has 0 aliphatic carbocycles. The Morgan fingerprint density at radius 2 is 1.83 bits per heavy atom. The van der Waals surface area contributed by atoms with E-state index in [0.717, 1.165) is 0 Å². The van der Waals surface area contributed by atoms with Gasteiger partial charge >= 0.3 is 0 Å². The molecule has 0 aliphatic rings. The zero-order valence-electron chi connectivity index (χ0n) is 16.2. The summed E-state index contributed by atoms with van der Waals surface area (Å²) in [6.07, 6.45) is 0. The van der Waals surface area contributed by atoms with Gasteiger partial charge in [-0.25, -0.2) is 9.97 Å². The second kappa shape index (κ2) is 8.71. The van der Waals surface area contributed by atoms with Crippen LogP contribution in [0.1, 0.15) is 21.9 Å². The van der Waals surface area contributed by atoms with Crippen LogP contribution in [0.15, 0.2) is 48.5 Å². The Bertz CT molecular complexity index is 1090. The molecule has 29 heavy (non-hydrogen) atoms. The first kappa shape index (κ1) is 19.6. The van der Waals surface area contributed by atoms with Crippen molar-refractivity contribution in [1.29, 1.82) is 5.26 Å². The Morgan fingerprint density at radius 1 is 1.03 bits per heavy atom. The molecular weight excluding hydrogens is 370 g/mol. The molecule has 8 heteroatoms. The monoisotopic (exact) mass is 389 g/mol. The normalized spacial score (nSPS) is 10.0. The number of carbonyl (C=O) groups is 1. The third-order valence-corrected chi connectivity index (χ3v) is 4.04. The van der Waals surface area contributed by atoms with E-state index in [4.69, 9.17) is 9.47 Å². The van der Waals surface area contributed by atoms with Gasteiger partial charge in [0.1, 0.15) is 34.9 Å². The number of amides is 1. The van der Waals surface area contributed by atoms with Crippen LogP contribution in [-0.2, 0) is 0 Å². The number of nitrogens with zero attached hydrogens (tertiary/aromatic N) is 3. The lowest BCUT2D eigenvalue weighted by atomic mass is 10.2. The van der Waals surface area contributed by atoms with Crippen molar-refractivity contribution in [2.45, 2.75) is 6.92 Å². The largest absolute Gasteiger partial charge is 0.497 e. The Hall–Kier alpha value is -4.12. The van der Waals surface area contributed by atoms with Crippen molar-refractivity contribution < 1.29 is 14.3 Å². The molecule has 1 amide bonds. The summed E-state index contributed by atoms with van der Waals surface area (Å²) in [5.74, 6) is 1.45. The highest BCUT2D eigenvalue weighted by atomic mass is 16.5. The minimum Gasteiger partial charge on any atom is -0.497 e. The van der Waals surface area contributed by atoms with Gasteiger partial charge < -0.3 is 20.1 Å². The summed E-state index contributed by atoms with van der Waals surface area (Å²) < 4.78 is 10.5. The van der Waals surface area contributed by atoms with Crippen LogP contribution in [0, 0.1) is 18.3 Å². The van der Waals surface area contributed by atoms with Crippen LogP contribution in [0.25, 0.3) is 0 Å². The van der Waals surface area contributed by atoms with Crippen molar-refractivity contribution in [2.24, 2.45) is 0 Å². The fourth-order valence-electron chi connectivity index (χ4n) is 2.67. The minimum absolute atomic E-state index is 0.166. The number of para-hydroxylation sites is 1. The minimum atomic E-state index is -0.432. The Morgan fingerprint density at radius 3 is 2.55 bits per heavy atom. The molecule has 1 aromatic heterocycles. The fraction of sp³-hybridized carbons (Fsp3) is 0.143. The SMILES string of the molecule is COc1ccc(OC)c(NC(=O)c2cc(Nc3ccccc3C#N)nc(C)n2)c1. The molecule has 0 fully saturated rings. The molecule has 0 atom stereocenters. The van der Waals surface area contributed by atoms with E-state index in [9.17, 15) is 10.1 Å². The van der Waals surface area contributed by atoms with Crippen molar-refractivity contribution in [2.75, 3.05) is 24.9 Å². The summed E-state index contributed by atoms with van der Waals surface area (Å²) in [6, 6.07) is 15.8. The van der Waals surface area contributed by atoms with E-state index in [1.165, 1.54) is 20.3 Å². The van der Waals surface area contributed by atoms with Crippen LogP contribution < -0.4 is 20.1 Å². The molecule has 146 valence electrons. The molecule has 8 nitrogen and oxygen atoms in total. The lowest BCUT2D eigenvalue weighted by Gasteiger charge is -2.13. The molecule has 0 saturated carbocycles. The van der Waals surface area contributed by atoms with Crippen molar-refractivity contribution in [3.05, 3.63) is 65.6 Å². The number of nitrogens with one attached hydrogen (secondary N) is 2. The number of carbonyl (C=O) groups excluding carboxylic acids is 1. The molecule has 0 aliphatic heterocycles. The average molecular weight is 389 g/mol. The van der Waals surface area contributed by atoms with Crippen LogP contribution in [0.4, 0.5) is 17.2 Å². The third kappa shape index (κ3) is 4.59. The highest BCUT2D eigenvalue weighted by Gasteiger charge is 2.15. The van der Waals surface area contributed by atoms with Crippen molar-refractivity contribution >= 4 is 23.1 Å². The van der Waals surface area contributed by atoms with Gasteiger partial charge in [-0.1, -0.05) is 12.1 Å². The third-order valence-electron chi connectivity index (χ3n) is 4.04. The van der Waals surface area contributed by atoms with E-state index in [0.29, 0.717) is 40.1 Å². The van der Waals surface area contributed by atoms with Gasteiger partial charge in [0.25, 0.3) is 5.91 Å². The summed E-state index contributed by atoms with van der Waals surface area (Å²) in [6.45, 7) is 1.68. The Balaban J connectivity index is 1.88. The number of hydrogen-bond donors (Lipinski definition) is 2. The lowest BCUT2D eigenvalue weighted by molar-refractivity contribution is 0.102. The summed E-state index contributed by atoms with van der Waals surface area (Å²) in [7, 11) is 3.05. The average Bonchev–Trinajstić information content (AvgIpc) is 2.73. The molecule has 3 rings (SSSR count). The fourth-order valence-corrected chi connectivity index (χ4v) is 2.67. The van der Waals surface area contributed by atoms with Crippen molar-refractivity contribution in [1.82, 2.24) is 9.97 Å². The van der Waals surface area contributed by atoms with Crippen LogP contribution in [0.3, 0.4) is 0 Å². The zero-order valence-corrected chi connectivity index (χ0v) is 16.2. The summed E-state index contributed by atoms with van der Waals surface area (Å²) in [5.41, 5.74) is 1.68. The highest BCUT2D eigenvalue weighted by molar-refractivity contribution is 6.04. The predicted molar refractivity (Wildman–Crippen MR) is 109 cm³/mol. The van der Waals surface area contributed by atoms with Gasteiger partial charge in [-0.2, -0.15) is 5.26 Å². The van der Waals surface area contributed by atoms with E-state index < -0.39 is 5.91 Å². The van der Waals surface area contributed by atoms with Gasteiger partial charge in [-0.15, -0.1) is 0 Å². The van der Waals surface area contributed by atoms with Crippen LogP contribution in [-0.4, -0.2) is 30.1 Å². The van der Waals surface area contributed by atoms with Crippen molar-refractivity contribution in [3.63, 3.8) is 0 Å². The maximum Gasteiger partial charge on any atom is 0.274 e. The van der Waals surface area contributed by atoms with Gasteiger partial charge in [-0.05, 0) is 31.2 Å². The number of anilines is 3. The molecule has 2 aromatic carbocycles. The maximum atomic E-state index is 12.8. The first-order chi connectivity index (χ1) is 14.0. The Labute approximate surface area is 168 Å². The number of methoxy groups -OCH3 is 2. The summed E-state index contributed by atoms with van der Waals surface area (Å²) in [4.78, 5) is 21.3. The number of ether oxygens (including phenoxy) is 2. The highest BCUT2D eigenvalue weighted by Crippen LogP contribution is 2.29. The molecular formula is C21H19N5O3. The van der Waals surface area contributed by atoms with Crippen LogP contribution in [0.5, 0.6) is 11.5 Å². The molecule has 0 spiro atoms. The van der Waals surface area contributed by atoms with Crippen LogP contribution >= 0.6 is 0 Å². The second-order valence-corrected chi connectivity index (χ2v) is 5.99.